The van der Waals surface area contributed by atoms with Gasteiger partial charge in [0, 0.05) is 23.1 Å². The number of nitrogens with one attached hydrogen (secondary N) is 2. The second kappa shape index (κ2) is 7.39. The van der Waals surface area contributed by atoms with Gasteiger partial charge in [-0.1, -0.05) is 19.9 Å². The van der Waals surface area contributed by atoms with Crippen LogP contribution in [0.3, 0.4) is 0 Å². The Morgan fingerprint density at radius 2 is 1.84 bits per heavy atom. The number of ether oxygens (including phenoxy) is 1. The van der Waals surface area contributed by atoms with Crippen LogP contribution < -0.4 is 15.4 Å². The Hall–Kier alpha value is -2.30. The number of fused-ring (bicyclic) bond motifs is 5. The van der Waals surface area contributed by atoms with E-state index in [-0.39, 0.29) is 34.7 Å². The number of carbonyl (C=O) groups is 2. The molecule has 31 heavy (non-hydrogen) atoms. The van der Waals surface area contributed by atoms with E-state index >= 15 is 0 Å². The summed E-state index contributed by atoms with van der Waals surface area (Å²) in [6, 6.07) is 7.85. The minimum Gasteiger partial charge on any atom is -0.497 e. The Morgan fingerprint density at radius 3 is 2.58 bits per heavy atom. The fourth-order valence-electron chi connectivity index (χ4n) is 7.55. The first-order valence-corrected chi connectivity index (χ1v) is 11.8. The maximum atomic E-state index is 13.0. The number of amides is 2. The van der Waals surface area contributed by atoms with Crippen LogP contribution in [-0.2, 0) is 4.79 Å². The van der Waals surface area contributed by atoms with Crippen molar-refractivity contribution in [3.8, 4) is 5.75 Å². The van der Waals surface area contributed by atoms with Crippen LogP contribution in [0.15, 0.2) is 36.4 Å². The number of benzene rings is 1. The number of hydrogen-bond donors (Lipinski definition) is 2. The molecule has 1 aromatic rings. The molecule has 1 aliphatic heterocycles. The Labute approximate surface area is 185 Å². The van der Waals surface area contributed by atoms with Crippen molar-refractivity contribution >= 4 is 11.8 Å². The van der Waals surface area contributed by atoms with Crippen LogP contribution in [0.4, 0.5) is 0 Å². The standard InChI is InChI=1S/C26H34N2O3/c1-25-14-12-20-18(8-10-21-26(20,2)15-13-23(29)27-21)19(25)9-11-22(25)28-24(30)16-4-6-17(31-3)7-5-16/h4-7,13,15,18-22H,8-12,14H2,1-3H3,(H,27,29)(H,28,30)/t18-,19-,20+,21?,22?,25-,26+/m0/s1. The van der Waals surface area contributed by atoms with Gasteiger partial charge in [-0.25, -0.2) is 0 Å². The quantitative estimate of drug-likeness (QED) is 0.771. The maximum Gasteiger partial charge on any atom is 0.251 e. The van der Waals surface area contributed by atoms with Gasteiger partial charge in [0.15, 0.2) is 0 Å². The zero-order valence-corrected chi connectivity index (χ0v) is 18.8. The van der Waals surface area contributed by atoms with Crippen LogP contribution in [0.25, 0.3) is 0 Å². The molecule has 2 amide bonds. The van der Waals surface area contributed by atoms with Crippen LogP contribution in [0.2, 0.25) is 0 Å². The Morgan fingerprint density at radius 1 is 1.06 bits per heavy atom. The van der Waals surface area contributed by atoms with Crippen LogP contribution in [0.1, 0.15) is 62.7 Å². The van der Waals surface area contributed by atoms with E-state index in [2.05, 4.69) is 30.6 Å². The lowest BCUT2D eigenvalue weighted by Gasteiger charge is -2.58. The van der Waals surface area contributed by atoms with E-state index in [9.17, 15) is 9.59 Å². The van der Waals surface area contributed by atoms with Gasteiger partial charge < -0.3 is 15.4 Å². The molecule has 0 bridgehead atoms. The van der Waals surface area contributed by atoms with Crippen molar-refractivity contribution in [3.63, 3.8) is 0 Å². The highest BCUT2D eigenvalue weighted by atomic mass is 16.5. The largest absolute Gasteiger partial charge is 0.497 e. The summed E-state index contributed by atoms with van der Waals surface area (Å²) in [5, 5.41) is 6.62. The van der Waals surface area contributed by atoms with Gasteiger partial charge in [-0.3, -0.25) is 9.59 Å². The third-order valence-electron chi connectivity index (χ3n) is 9.34. The van der Waals surface area contributed by atoms with Gasteiger partial charge in [0.05, 0.1) is 7.11 Å². The van der Waals surface area contributed by atoms with Crippen LogP contribution >= 0.6 is 0 Å². The molecule has 1 heterocycles. The summed E-state index contributed by atoms with van der Waals surface area (Å²) >= 11 is 0. The Kier molecular flexibility index (Phi) is 4.91. The van der Waals surface area contributed by atoms with Gasteiger partial charge in [0.25, 0.3) is 5.91 Å². The lowest BCUT2D eigenvalue weighted by Crippen LogP contribution is -2.60. The van der Waals surface area contributed by atoms with Crippen LogP contribution in [-0.4, -0.2) is 31.0 Å². The molecule has 1 aromatic carbocycles. The van der Waals surface area contributed by atoms with Crippen molar-refractivity contribution in [2.24, 2.45) is 28.6 Å². The molecular formula is C26H34N2O3. The molecule has 2 unspecified atom stereocenters. The third kappa shape index (κ3) is 3.19. The second-order valence-corrected chi connectivity index (χ2v) is 10.6. The van der Waals surface area contributed by atoms with Crippen molar-refractivity contribution in [2.75, 3.05) is 7.11 Å². The topological polar surface area (TPSA) is 67.4 Å². The second-order valence-electron chi connectivity index (χ2n) is 10.6. The SMILES string of the molecule is COc1ccc(C(=O)NC2CC[C@H]3[C@@H]4CCC5NC(=O)C=C[C@]5(C)[C@@H]4CC[C@]23C)cc1. The minimum atomic E-state index is 0.0187. The molecule has 4 aliphatic rings. The summed E-state index contributed by atoms with van der Waals surface area (Å²) in [6.45, 7) is 4.76. The van der Waals surface area contributed by atoms with E-state index in [0.717, 1.165) is 25.0 Å². The molecule has 7 atom stereocenters. The summed E-state index contributed by atoms with van der Waals surface area (Å²) in [6.07, 6.45) is 10.7. The predicted molar refractivity (Wildman–Crippen MR) is 120 cm³/mol. The highest BCUT2D eigenvalue weighted by Gasteiger charge is 2.59. The van der Waals surface area contributed by atoms with Gasteiger partial charge in [0.2, 0.25) is 5.91 Å². The zero-order chi connectivity index (χ0) is 21.8. The highest BCUT2D eigenvalue weighted by molar-refractivity contribution is 5.94. The van der Waals surface area contributed by atoms with Gasteiger partial charge in [-0.2, -0.15) is 0 Å². The monoisotopic (exact) mass is 422 g/mol. The van der Waals surface area contributed by atoms with E-state index in [4.69, 9.17) is 4.74 Å². The van der Waals surface area contributed by atoms with E-state index in [0.29, 0.717) is 23.3 Å². The van der Waals surface area contributed by atoms with Gasteiger partial charge >= 0.3 is 0 Å². The molecule has 0 aromatic heterocycles. The first-order chi connectivity index (χ1) is 14.8. The number of methoxy groups -OCH3 is 1. The molecule has 166 valence electrons. The zero-order valence-electron chi connectivity index (χ0n) is 18.8. The van der Waals surface area contributed by atoms with Crippen molar-refractivity contribution < 1.29 is 14.3 Å². The average molecular weight is 423 g/mol. The first-order valence-electron chi connectivity index (χ1n) is 11.8. The molecule has 3 fully saturated rings. The predicted octanol–water partition coefficient (Wildman–Crippen LogP) is 4.09. The molecule has 3 aliphatic carbocycles. The van der Waals surface area contributed by atoms with Gasteiger partial charge in [0.1, 0.15) is 5.75 Å². The number of carbonyl (C=O) groups excluding carboxylic acids is 2. The molecule has 3 saturated carbocycles. The summed E-state index contributed by atoms with van der Waals surface area (Å²) in [5.74, 6) is 2.75. The Balaban J connectivity index is 1.33. The van der Waals surface area contributed by atoms with Crippen LogP contribution in [0, 0.1) is 28.6 Å². The smallest absolute Gasteiger partial charge is 0.251 e. The fourth-order valence-corrected chi connectivity index (χ4v) is 7.55. The Bertz CT molecular complexity index is 910. The molecule has 5 heteroatoms. The molecule has 5 nitrogen and oxygen atoms in total. The fraction of sp³-hybridized carbons (Fsp3) is 0.615. The molecule has 0 spiro atoms. The third-order valence-corrected chi connectivity index (χ3v) is 9.34. The molecule has 0 saturated heterocycles. The van der Waals surface area contributed by atoms with Crippen molar-refractivity contribution in [3.05, 3.63) is 42.0 Å². The highest BCUT2D eigenvalue weighted by Crippen LogP contribution is 2.63. The summed E-state index contributed by atoms with van der Waals surface area (Å²) in [4.78, 5) is 24.9. The summed E-state index contributed by atoms with van der Waals surface area (Å²) < 4.78 is 5.21. The van der Waals surface area contributed by atoms with E-state index < -0.39 is 0 Å². The maximum absolute atomic E-state index is 13.0. The minimum absolute atomic E-state index is 0.0187. The van der Waals surface area contributed by atoms with E-state index in [1.165, 1.54) is 19.3 Å². The molecule has 0 radical (unpaired) electrons. The normalized spacial score (nSPS) is 40.9. The van der Waals surface area contributed by atoms with Crippen LogP contribution in [0.5, 0.6) is 5.75 Å². The average Bonchev–Trinajstić information content (AvgIpc) is 3.10. The van der Waals surface area contributed by atoms with Crippen molar-refractivity contribution in [1.82, 2.24) is 10.6 Å². The van der Waals surface area contributed by atoms with E-state index in [1.54, 1.807) is 13.2 Å². The lowest BCUT2D eigenvalue weighted by atomic mass is 9.48. The first kappa shape index (κ1) is 20.6. The number of hydrogen-bond acceptors (Lipinski definition) is 3. The summed E-state index contributed by atoms with van der Waals surface area (Å²) in [7, 11) is 1.63. The molecule has 2 N–H and O–H groups in total. The van der Waals surface area contributed by atoms with Crippen molar-refractivity contribution in [1.29, 1.82) is 0 Å². The summed E-state index contributed by atoms with van der Waals surface area (Å²) in [5.41, 5.74) is 0.897. The molecule has 5 rings (SSSR count). The molecular weight excluding hydrogens is 388 g/mol. The lowest BCUT2D eigenvalue weighted by molar-refractivity contribution is -0.122. The van der Waals surface area contributed by atoms with Gasteiger partial charge in [-0.05, 0) is 92.0 Å². The van der Waals surface area contributed by atoms with E-state index in [1.807, 2.05) is 24.3 Å². The van der Waals surface area contributed by atoms with Crippen molar-refractivity contribution in [2.45, 2.75) is 64.5 Å². The number of rotatable bonds is 3. The van der Waals surface area contributed by atoms with Gasteiger partial charge in [-0.15, -0.1) is 0 Å².